The molecule has 0 rings (SSSR count). The van der Waals surface area contributed by atoms with Gasteiger partial charge in [-0.05, 0) is 25.7 Å². The first-order chi connectivity index (χ1) is 16.6. The summed E-state index contributed by atoms with van der Waals surface area (Å²) in [7, 11) is 0. The lowest BCUT2D eigenvalue weighted by atomic mass is 10.0. The molecule has 2 atom stereocenters. The van der Waals surface area contributed by atoms with E-state index in [2.05, 4.69) is 13.8 Å². The van der Waals surface area contributed by atoms with E-state index in [0.717, 1.165) is 38.5 Å². The Kier molecular flexibility index (Phi) is 24.1. The number of unbranched alkanes of at least 4 members (excludes halogenated alkanes) is 16. The first kappa shape index (κ1) is 32.9. The molecule has 6 heteroatoms. The lowest BCUT2D eigenvalue weighted by molar-refractivity contribution is -0.176. The SMILES string of the molecule is CCCCCCCCCCCCC(CO)OC(=O)C(=O)OC(CO)CCCCCCCCCC. The molecule has 0 heterocycles. The van der Waals surface area contributed by atoms with Gasteiger partial charge in [0.2, 0.25) is 0 Å². The highest BCUT2D eigenvalue weighted by molar-refractivity contribution is 6.29. The Labute approximate surface area is 209 Å². The maximum Gasteiger partial charge on any atom is 0.417 e. The fraction of sp³-hybridized carbons (Fsp3) is 0.929. The molecule has 0 aliphatic heterocycles. The van der Waals surface area contributed by atoms with Gasteiger partial charge in [-0.15, -0.1) is 0 Å². The monoisotopic (exact) mass is 486 g/mol. The largest absolute Gasteiger partial charge is 0.452 e. The molecular formula is C28H54O6. The topological polar surface area (TPSA) is 93.1 Å². The van der Waals surface area contributed by atoms with Crippen molar-refractivity contribution in [3.05, 3.63) is 0 Å². The van der Waals surface area contributed by atoms with Crippen molar-refractivity contribution in [1.29, 1.82) is 0 Å². The molecule has 0 spiro atoms. The zero-order chi connectivity index (χ0) is 25.3. The summed E-state index contributed by atoms with van der Waals surface area (Å²) in [4.78, 5) is 24.1. The van der Waals surface area contributed by atoms with Crippen LogP contribution in [0.2, 0.25) is 0 Å². The number of aliphatic hydroxyl groups excluding tert-OH is 2. The zero-order valence-corrected chi connectivity index (χ0v) is 22.2. The molecule has 0 aromatic rings. The predicted octanol–water partition coefficient (Wildman–Crippen LogP) is 6.64. The highest BCUT2D eigenvalue weighted by Crippen LogP contribution is 2.14. The highest BCUT2D eigenvalue weighted by Gasteiger charge is 2.25. The van der Waals surface area contributed by atoms with Gasteiger partial charge in [0.15, 0.2) is 0 Å². The summed E-state index contributed by atoms with van der Waals surface area (Å²) in [6.45, 7) is 3.81. The Balaban J connectivity index is 3.91. The molecule has 2 unspecified atom stereocenters. The van der Waals surface area contributed by atoms with E-state index in [9.17, 15) is 19.8 Å². The van der Waals surface area contributed by atoms with Crippen LogP contribution >= 0.6 is 0 Å². The van der Waals surface area contributed by atoms with Crippen LogP contribution in [-0.2, 0) is 19.1 Å². The third-order valence-electron chi connectivity index (χ3n) is 6.38. The molecule has 0 aliphatic carbocycles. The minimum Gasteiger partial charge on any atom is -0.452 e. The van der Waals surface area contributed by atoms with Crippen LogP contribution in [0.1, 0.15) is 142 Å². The number of hydrogen-bond donors (Lipinski definition) is 2. The van der Waals surface area contributed by atoms with Gasteiger partial charge in [0.05, 0.1) is 13.2 Å². The van der Waals surface area contributed by atoms with Gasteiger partial charge in [-0.3, -0.25) is 0 Å². The number of carbonyl (C=O) groups is 2. The molecule has 0 aromatic carbocycles. The van der Waals surface area contributed by atoms with Crippen LogP contribution in [0.4, 0.5) is 0 Å². The summed E-state index contributed by atoms with van der Waals surface area (Å²) in [5.74, 6) is -2.17. The lowest BCUT2D eigenvalue weighted by Gasteiger charge is -2.17. The predicted molar refractivity (Wildman–Crippen MR) is 138 cm³/mol. The number of rotatable bonds is 24. The van der Waals surface area contributed by atoms with Gasteiger partial charge in [0.1, 0.15) is 12.2 Å². The minimum absolute atomic E-state index is 0.307. The fourth-order valence-electron chi connectivity index (χ4n) is 4.14. The second-order valence-electron chi connectivity index (χ2n) is 9.65. The van der Waals surface area contributed by atoms with E-state index in [-0.39, 0.29) is 13.2 Å². The average molecular weight is 487 g/mol. The molecule has 0 amide bonds. The van der Waals surface area contributed by atoms with Crippen molar-refractivity contribution < 1.29 is 29.3 Å². The normalized spacial score (nSPS) is 12.9. The van der Waals surface area contributed by atoms with Gasteiger partial charge in [-0.1, -0.05) is 117 Å². The van der Waals surface area contributed by atoms with Crippen molar-refractivity contribution in [3.63, 3.8) is 0 Å². The fourth-order valence-corrected chi connectivity index (χ4v) is 4.14. The van der Waals surface area contributed by atoms with Gasteiger partial charge < -0.3 is 19.7 Å². The molecule has 2 N–H and O–H groups in total. The van der Waals surface area contributed by atoms with Crippen molar-refractivity contribution in [2.24, 2.45) is 0 Å². The van der Waals surface area contributed by atoms with E-state index < -0.39 is 24.1 Å². The number of carbonyl (C=O) groups excluding carboxylic acids is 2. The van der Waals surface area contributed by atoms with Crippen molar-refractivity contribution in [2.45, 2.75) is 154 Å². The molecular weight excluding hydrogens is 432 g/mol. The van der Waals surface area contributed by atoms with Gasteiger partial charge in [0, 0.05) is 0 Å². The van der Waals surface area contributed by atoms with Gasteiger partial charge in [0.25, 0.3) is 0 Å². The summed E-state index contributed by atoms with van der Waals surface area (Å²) >= 11 is 0. The van der Waals surface area contributed by atoms with E-state index in [1.54, 1.807) is 0 Å². The molecule has 202 valence electrons. The summed E-state index contributed by atoms with van der Waals surface area (Å²) in [6.07, 6.45) is 21.0. The average Bonchev–Trinajstić information content (AvgIpc) is 2.84. The van der Waals surface area contributed by atoms with E-state index in [0.29, 0.717) is 12.8 Å². The molecule has 6 nitrogen and oxygen atoms in total. The van der Waals surface area contributed by atoms with Crippen LogP contribution < -0.4 is 0 Å². The summed E-state index contributed by atoms with van der Waals surface area (Å²) in [6, 6.07) is 0. The first-order valence-electron chi connectivity index (χ1n) is 14.2. The Hall–Kier alpha value is -1.14. The molecule has 0 aromatic heterocycles. The standard InChI is InChI=1S/C28H54O6/c1-3-5-7-9-11-13-14-16-18-20-22-26(24-30)34-28(32)27(31)33-25(23-29)21-19-17-15-12-10-8-6-4-2/h25-26,29-30H,3-24H2,1-2H3. The van der Waals surface area contributed by atoms with Crippen molar-refractivity contribution in [2.75, 3.05) is 13.2 Å². The van der Waals surface area contributed by atoms with Gasteiger partial charge in [-0.2, -0.15) is 0 Å². The zero-order valence-electron chi connectivity index (χ0n) is 22.2. The maximum atomic E-state index is 12.1. The molecule has 0 bridgehead atoms. The second kappa shape index (κ2) is 25.0. The quantitative estimate of drug-likeness (QED) is 0.0903. The molecule has 34 heavy (non-hydrogen) atoms. The van der Waals surface area contributed by atoms with E-state index in [4.69, 9.17) is 9.47 Å². The molecule has 0 fully saturated rings. The van der Waals surface area contributed by atoms with Gasteiger partial charge >= 0.3 is 11.9 Å². The van der Waals surface area contributed by atoms with Crippen molar-refractivity contribution in [3.8, 4) is 0 Å². The van der Waals surface area contributed by atoms with Gasteiger partial charge in [-0.25, -0.2) is 9.59 Å². The Morgan fingerprint density at radius 2 is 0.765 bits per heavy atom. The van der Waals surface area contributed by atoms with E-state index in [1.807, 2.05) is 0 Å². The number of ether oxygens (including phenoxy) is 2. The number of aliphatic hydroxyl groups is 2. The summed E-state index contributed by atoms with van der Waals surface area (Å²) in [5.41, 5.74) is 0. The van der Waals surface area contributed by atoms with E-state index in [1.165, 1.54) is 77.0 Å². The number of esters is 2. The molecule has 0 saturated carbocycles. The highest BCUT2D eigenvalue weighted by atomic mass is 16.6. The lowest BCUT2D eigenvalue weighted by Crippen LogP contribution is -2.32. The van der Waals surface area contributed by atoms with Crippen molar-refractivity contribution >= 4 is 11.9 Å². The maximum absolute atomic E-state index is 12.1. The Morgan fingerprint density at radius 1 is 0.500 bits per heavy atom. The molecule has 0 saturated heterocycles. The smallest absolute Gasteiger partial charge is 0.417 e. The second-order valence-corrected chi connectivity index (χ2v) is 9.65. The Morgan fingerprint density at radius 3 is 1.03 bits per heavy atom. The van der Waals surface area contributed by atoms with Crippen LogP contribution in [0.3, 0.4) is 0 Å². The van der Waals surface area contributed by atoms with Crippen LogP contribution in [0.5, 0.6) is 0 Å². The first-order valence-corrected chi connectivity index (χ1v) is 14.2. The van der Waals surface area contributed by atoms with Crippen LogP contribution in [0.15, 0.2) is 0 Å². The molecule has 0 aliphatic rings. The van der Waals surface area contributed by atoms with Crippen molar-refractivity contribution in [1.82, 2.24) is 0 Å². The van der Waals surface area contributed by atoms with Crippen LogP contribution in [0, 0.1) is 0 Å². The third kappa shape index (κ3) is 20.3. The summed E-state index contributed by atoms with van der Waals surface area (Å²) < 4.78 is 10.3. The minimum atomic E-state index is -1.08. The van der Waals surface area contributed by atoms with E-state index >= 15 is 0 Å². The van der Waals surface area contributed by atoms with Crippen LogP contribution in [0.25, 0.3) is 0 Å². The summed E-state index contributed by atoms with van der Waals surface area (Å²) in [5, 5.41) is 19.0. The Bertz CT molecular complexity index is 468. The van der Waals surface area contributed by atoms with Crippen LogP contribution in [-0.4, -0.2) is 47.6 Å². The number of hydrogen-bond acceptors (Lipinski definition) is 6. The third-order valence-corrected chi connectivity index (χ3v) is 6.38. The molecule has 0 radical (unpaired) electrons.